The summed E-state index contributed by atoms with van der Waals surface area (Å²) in [5, 5.41) is 3.93. The Hall–Kier alpha value is -3.02. The summed E-state index contributed by atoms with van der Waals surface area (Å²) in [4.78, 5) is 11.9. The van der Waals surface area contributed by atoms with E-state index < -0.39 is 0 Å². The fraction of sp³-hybridized carbons (Fsp3) is 0.333. The van der Waals surface area contributed by atoms with Crippen molar-refractivity contribution in [2.24, 2.45) is 5.10 Å². The molecule has 0 saturated heterocycles. The summed E-state index contributed by atoms with van der Waals surface area (Å²) in [6.45, 7) is 4.23. The van der Waals surface area contributed by atoms with Gasteiger partial charge in [-0.2, -0.15) is 5.10 Å². The highest BCUT2D eigenvalue weighted by atomic mass is 16.5. The molecule has 0 aliphatic rings. The molecule has 0 aliphatic carbocycles. The number of hydrogen-bond acceptors (Lipinski definition) is 5. The van der Waals surface area contributed by atoms with Crippen LogP contribution in [0.2, 0.25) is 0 Å². The third-order valence-electron chi connectivity index (χ3n) is 4.24. The number of carbonyl (C=O) groups is 1. The van der Waals surface area contributed by atoms with E-state index in [1.807, 2.05) is 30.3 Å². The van der Waals surface area contributed by atoms with Crippen LogP contribution in [0.3, 0.4) is 0 Å². The minimum atomic E-state index is -0.335. The molecule has 1 amide bonds. The fourth-order valence-electron chi connectivity index (χ4n) is 2.42. The Morgan fingerprint density at radius 1 is 1.11 bits per heavy atom. The van der Waals surface area contributed by atoms with Gasteiger partial charge in [-0.1, -0.05) is 26.0 Å². The lowest BCUT2D eigenvalue weighted by molar-refractivity contribution is -0.123. The second-order valence-electron chi connectivity index (χ2n) is 6.07. The molecule has 0 aliphatic heterocycles. The number of methoxy groups -OCH3 is 2. The van der Waals surface area contributed by atoms with E-state index in [1.54, 1.807) is 26.4 Å². The minimum Gasteiger partial charge on any atom is -0.493 e. The smallest absolute Gasteiger partial charge is 0.277 e. The first kappa shape index (κ1) is 20.3. The molecule has 0 heterocycles. The Morgan fingerprint density at radius 3 is 2.44 bits per heavy atom. The van der Waals surface area contributed by atoms with Crippen LogP contribution in [0, 0.1) is 0 Å². The summed E-state index contributed by atoms with van der Waals surface area (Å²) in [7, 11) is 3.14. The summed E-state index contributed by atoms with van der Waals surface area (Å²) in [6.07, 6.45) is 2.61. The monoisotopic (exact) mass is 370 g/mol. The van der Waals surface area contributed by atoms with E-state index in [1.165, 1.54) is 11.8 Å². The van der Waals surface area contributed by atoms with Crippen LogP contribution in [0.1, 0.15) is 37.3 Å². The maximum Gasteiger partial charge on any atom is 0.277 e. The van der Waals surface area contributed by atoms with E-state index in [0.717, 1.165) is 12.0 Å². The standard InChI is InChI=1S/C21H26N2O4/c1-5-15(2)17-7-9-18(10-8-17)27-14-21(24)23-22-13-16-6-11-19(25-3)20(12-16)26-4/h6-13,15H,5,14H2,1-4H3,(H,23,24). The maximum atomic E-state index is 11.9. The Balaban J connectivity index is 1.83. The second-order valence-corrected chi connectivity index (χ2v) is 6.07. The van der Waals surface area contributed by atoms with Gasteiger partial charge < -0.3 is 14.2 Å². The van der Waals surface area contributed by atoms with Gasteiger partial charge in [-0.3, -0.25) is 4.79 Å². The molecule has 6 nitrogen and oxygen atoms in total. The van der Waals surface area contributed by atoms with Crippen LogP contribution in [0.4, 0.5) is 0 Å². The summed E-state index contributed by atoms with van der Waals surface area (Å²) < 4.78 is 15.9. The maximum absolute atomic E-state index is 11.9. The number of nitrogens with one attached hydrogen (secondary N) is 1. The van der Waals surface area contributed by atoms with Gasteiger partial charge in [0.15, 0.2) is 18.1 Å². The normalized spacial score (nSPS) is 11.9. The quantitative estimate of drug-likeness (QED) is 0.539. The van der Waals surface area contributed by atoms with Gasteiger partial charge in [-0.05, 0) is 53.8 Å². The van der Waals surface area contributed by atoms with Crippen molar-refractivity contribution < 1.29 is 19.0 Å². The first-order valence-corrected chi connectivity index (χ1v) is 8.84. The lowest BCUT2D eigenvalue weighted by Gasteiger charge is -2.10. The number of amides is 1. The van der Waals surface area contributed by atoms with Gasteiger partial charge in [0.2, 0.25) is 0 Å². The van der Waals surface area contributed by atoms with Gasteiger partial charge in [0.1, 0.15) is 5.75 Å². The molecule has 0 fully saturated rings. The SMILES string of the molecule is CCC(C)c1ccc(OCC(=O)NN=Cc2ccc(OC)c(OC)c2)cc1. The highest BCUT2D eigenvalue weighted by molar-refractivity contribution is 5.83. The molecule has 1 unspecified atom stereocenters. The molecule has 2 aromatic rings. The van der Waals surface area contributed by atoms with Gasteiger partial charge in [-0.25, -0.2) is 5.43 Å². The predicted octanol–water partition coefficient (Wildman–Crippen LogP) is 3.75. The minimum absolute atomic E-state index is 0.105. The van der Waals surface area contributed by atoms with Crippen LogP contribution in [-0.2, 0) is 4.79 Å². The van der Waals surface area contributed by atoms with E-state index in [0.29, 0.717) is 23.2 Å². The highest BCUT2D eigenvalue weighted by Crippen LogP contribution is 2.26. The zero-order chi connectivity index (χ0) is 19.6. The summed E-state index contributed by atoms with van der Waals surface area (Å²) >= 11 is 0. The lowest BCUT2D eigenvalue weighted by Crippen LogP contribution is -2.24. The number of hydrogen-bond donors (Lipinski definition) is 1. The van der Waals surface area contributed by atoms with Gasteiger partial charge >= 0.3 is 0 Å². The molecular formula is C21H26N2O4. The Morgan fingerprint density at radius 2 is 1.81 bits per heavy atom. The number of rotatable bonds is 9. The molecule has 6 heteroatoms. The average molecular weight is 370 g/mol. The van der Waals surface area contributed by atoms with Gasteiger partial charge in [0.25, 0.3) is 5.91 Å². The van der Waals surface area contributed by atoms with Crippen LogP contribution in [0.25, 0.3) is 0 Å². The number of benzene rings is 2. The third kappa shape index (κ3) is 6.02. The first-order chi connectivity index (χ1) is 13.1. The van der Waals surface area contributed by atoms with Crippen molar-refractivity contribution in [1.29, 1.82) is 0 Å². The van der Waals surface area contributed by atoms with Crippen molar-refractivity contribution in [2.75, 3.05) is 20.8 Å². The summed E-state index contributed by atoms with van der Waals surface area (Å²) in [5.74, 6) is 2.05. The molecule has 0 spiro atoms. The molecule has 0 bridgehead atoms. The molecular weight excluding hydrogens is 344 g/mol. The number of ether oxygens (including phenoxy) is 3. The van der Waals surface area contributed by atoms with Crippen LogP contribution < -0.4 is 19.6 Å². The number of nitrogens with zero attached hydrogens (tertiary/aromatic N) is 1. The Labute approximate surface area is 160 Å². The molecule has 0 saturated carbocycles. The van der Waals surface area contributed by atoms with E-state index in [4.69, 9.17) is 14.2 Å². The predicted molar refractivity (Wildman–Crippen MR) is 106 cm³/mol. The lowest BCUT2D eigenvalue weighted by atomic mass is 9.99. The third-order valence-corrected chi connectivity index (χ3v) is 4.24. The van der Waals surface area contributed by atoms with Crippen LogP contribution >= 0.6 is 0 Å². The van der Waals surface area contributed by atoms with E-state index >= 15 is 0 Å². The van der Waals surface area contributed by atoms with Gasteiger partial charge in [0.05, 0.1) is 20.4 Å². The molecule has 0 aromatic heterocycles. The largest absolute Gasteiger partial charge is 0.493 e. The summed E-state index contributed by atoms with van der Waals surface area (Å²) in [5.41, 5.74) is 4.47. The van der Waals surface area contributed by atoms with Gasteiger partial charge in [-0.15, -0.1) is 0 Å². The van der Waals surface area contributed by atoms with Crippen LogP contribution in [-0.4, -0.2) is 32.9 Å². The highest BCUT2D eigenvalue weighted by Gasteiger charge is 2.05. The molecule has 144 valence electrons. The average Bonchev–Trinajstić information content (AvgIpc) is 2.71. The van der Waals surface area contributed by atoms with Crippen molar-refractivity contribution in [3.63, 3.8) is 0 Å². The van der Waals surface area contributed by atoms with Crippen molar-refractivity contribution >= 4 is 12.1 Å². The van der Waals surface area contributed by atoms with E-state index in [9.17, 15) is 4.79 Å². The van der Waals surface area contributed by atoms with Crippen LogP contribution in [0.15, 0.2) is 47.6 Å². The van der Waals surface area contributed by atoms with Crippen LogP contribution in [0.5, 0.6) is 17.2 Å². The number of hydrazone groups is 1. The Kier molecular flexibility index (Phi) is 7.67. The summed E-state index contributed by atoms with van der Waals surface area (Å²) in [6, 6.07) is 13.2. The fourth-order valence-corrected chi connectivity index (χ4v) is 2.42. The van der Waals surface area contributed by atoms with Gasteiger partial charge in [0, 0.05) is 0 Å². The molecule has 1 atom stereocenters. The zero-order valence-corrected chi connectivity index (χ0v) is 16.2. The van der Waals surface area contributed by atoms with Crippen molar-refractivity contribution in [2.45, 2.75) is 26.2 Å². The van der Waals surface area contributed by atoms with Crippen molar-refractivity contribution in [1.82, 2.24) is 5.43 Å². The molecule has 1 N–H and O–H groups in total. The van der Waals surface area contributed by atoms with Crippen molar-refractivity contribution in [3.05, 3.63) is 53.6 Å². The molecule has 2 aromatic carbocycles. The van der Waals surface area contributed by atoms with E-state index in [-0.39, 0.29) is 12.5 Å². The number of carbonyl (C=O) groups excluding carboxylic acids is 1. The Bertz CT molecular complexity index is 772. The zero-order valence-electron chi connectivity index (χ0n) is 16.2. The molecule has 2 rings (SSSR count). The van der Waals surface area contributed by atoms with E-state index in [2.05, 4.69) is 24.4 Å². The van der Waals surface area contributed by atoms with Crippen molar-refractivity contribution in [3.8, 4) is 17.2 Å². The second kappa shape index (κ2) is 10.2. The molecule has 27 heavy (non-hydrogen) atoms. The first-order valence-electron chi connectivity index (χ1n) is 8.84. The molecule has 0 radical (unpaired) electrons. The topological polar surface area (TPSA) is 69.2 Å².